The standard InChI is InChI=1S/C34H47FN2O13/c1-22-18-26-25-13-12-23-19-24(38)14-15-31(23,2)33(25,35)27(39)20-32(26,3)34(22,50-30(42)11-7-5-9-17-49-37(45)46)28(40)21-47-29(41)10-6-4-8-16-48-36(43)44/h12,14-15,22,25-27,39H,4-11,13,16-21H2,1-3H3/t22-,25?,26?,27+,31+,32+,33+,34+/m1/s1. The van der Waals surface area contributed by atoms with E-state index in [0.717, 1.165) is 0 Å². The van der Waals surface area contributed by atoms with E-state index >= 15 is 4.39 Å². The number of aliphatic hydroxyl groups is 1. The minimum atomic E-state index is -2.18. The number of esters is 2. The third-order valence-corrected chi connectivity index (χ3v) is 11.6. The smallest absolute Gasteiger partial charge is 0.306 e. The molecule has 0 heterocycles. The zero-order valence-corrected chi connectivity index (χ0v) is 28.8. The second-order valence-corrected chi connectivity index (χ2v) is 14.4. The Labute approximate surface area is 289 Å². The molecule has 2 fully saturated rings. The summed E-state index contributed by atoms with van der Waals surface area (Å²) in [7, 11) is 0. The van der Waals surface area contributed by atoms with Crippen molar-refractivity contribution >= 4 is 23.5 Å². The molecule has 278 valence electrons. The van der Waals surface area contributed by atoms with Gasteiger partial charge >= 0.3 is 11.9 Å². The Morgan fingerprint density at radius 3 is 2.16 bits per heavy atom. The molecule has 4 aliphatic carbocycles. The first-order valence-corrected chi connectivity index (χ1v) is 17.3. The first-order valence-electron chi connectivity index (χ1n) is 17.3. The highest BCUT2D eigenvalue weighted by atomic mass is 19.1. The number of Topliss-reactive ketones (excluding diaryl/α,β-unsaturated/α-hetero) is 1. The van der Waals surface area contributed by atoms with E-state index < -0.39 is 80.5 Å². The minimum absolute atomic E-state index is 0.0483. The van der Waals surface area contributed by atoms with Crippen LogP contribution in [0, 0.1) is 48.8 Å². The van der Waals surface area contributed by atoms with Gasteiger partial charge in [0, 0.05) is 41.9 Å². The summed E-state index contributed by atoms with van der Waals surface area (Å²) in [5, 5.41) is 30.7. The molecule has 0 amide bonds. The van der Waals surface area contributed by atoms with Gasteiger partial charge in [0.25, 0.3) is 10.2 Å². The predicted molar refractivity (Wildman–Crippen MR) is 171 cm³/mol. The number of allylic oxidation sites excluding steroid dienone is 4. The van der Waals surface area contributed by atoms with Crippen molar-refractivity contribution in [2.75, 3.05) is 19.8 Å². The van der Waals surface area contributed by atoms with E-state index in [1.54, 1.807) is 20.8 Å². The molecule has 0 spiro atoms. The zero-order chi connectivity index (χ0) is 36.9. The van der Waals surface area contributed by atoms with Gasteiger partial charge < -0.3 is 24.3 Å². The van der Waals surface area contributed by atoms with E-state index in [1.807, 2.05) is 6.08 Å². The molecule has 4 aliphatic rings. The van der Waals surface area contributed by atoms with Crippen molar-refractivity contribution in [3.8, 4) is 0 Å². The Kier molecular flexibility index (Phi) is 12.1. The van der Waals surface area contributed by atoms with Gasteiger partial charge in [-0.1, -0.05) is 44.4 Å². The molecule has 16 heteroatoms. The molecular weight excluding hydrogens is 663 g/mol. The van der Waals surface area contributed by atoms with Crippen LogP contribution < -0.4 is 0 Å². The van der Waals surface area contributed by atoms with E-state index in [2.05, 4.69) is 9.68 Å². The molecule has 0 aliphatic heterocycles. The normalized spacial score (nSPS) is 34.0. The first-order chi connectivity index (χ1) is 23.5. The molecule has 8 atom stereocenters. The summed E-state index contributed by atoms with van der Waals surface area (Å²) in [5.74, 6) is -4.23. The highest BCUT2D eigenvalue weighted by molar-refractivity contribution is 5.94. The van der Waals surface area contributed by atoms with Gasteiger partial charge in [-0.2, -0.15) is 0 Å². The number of hydrogen-bond acceptors (Lipinski definition) is 13. The summed E-state index contributed by atoms with van der Waals surface area (Å²) in [4.78, 5) is 81.9. The molecule has 0 bridgehead atoms. The average molecular weight is 711 g/mol. The number of unbranched alkanes of at least 4 members (excludes halogenated alkanes) is 4. The number of rotatable bonds is 18. The topological polar surface area (TPSA) is 212 Å². The average Bonchev–Trinajstić information content (AvgIpc) is 3.26. The maximum absolute atomic E-state index is 17.7. The van der Waals surface area contributed by atoms with Gasteiger partial charge in [-0.25, -0.2) is 4.39 Å². The van der Waals surface area contributed by atoms with Crippen molar-refractivity contribution in [2.24, 2.45) is 28.6 Å². The number of carbonyl (C=O) groups is 4. The lowest BCUT2D eigenvalue weighted by molar-refractivity contribution is -0.757. The van der Waals surface area contributed by atoms with E-state index in [0.29, 0.717) is 37.7 Å². The fourth-order valence-corrected chi connectivity index (χ4v) is 9.24. The second-order valence-electron chi connectivity index (χ2n) is 14.4. The lowest BCUT2D eigenvalue weighted by atomic mass is 9.45. The highest BCUT2D eigenvalue weighted by Crippen LogP contribution is 2.71. The third kappa shape index (κ3) is 7.26. The highest BCUT2D eigenvalue weighted by Gasteiger charge is 2.77. The fraction of sp³-hybridized carbons (Fsp3) is 0.765. The van der Waals surface area contributed by atoms with Gasteiger partial charge in [0.15, 0.2) is 23.7 Å². The molecule has 2 saturated carbocycles. The van der Waals surface area contributed by atoms with Crippen molar-refractivity contribution in [2.45, 2.75) is 115 Å². The van der Waals surface area contributed by atoms with E-state index in [1.165, 1.54) is 12.2 Å². The second kappa shape index (κ2) is 15.5. The van der Waals surface area contributed by atoms with Gasteiger partial charge in [-0.05, 0) is 63.9 Å². The number of alkyl halides is 1. The number of ketones is 2. The van der Waals surface area contributed by atoms with Crippen molar-refractivity contribution in [3.63, 3.8) is 0 Å². The third-order valence-electron chi connectivity index (χ3n) is 11.6. The molecule has 50 heavy (non-hydrogen) atoms. The summed E-state index contributed by atoms with van der Waals surface area (Å²) in [5.41, 5.74) is -5.98. The van der Waals surface area contributed by atoms with Crippen LogP contribution >= 0.6 is 0 Å². The van der Waals surface area contributed by atoms with Gasteiger partial charge in [0.05, 0.1) is 19.3 Å². The summed E-state index contributed by atoms with van der Waals surface area (Å²) < 4.78 is 29.2. The minimum Gasteiger partial charge on any atom is -0.457 e. The van der Waals surface area contributed by atoms with Crippen LogP contribution in [0.25, 0.3) is 0 Å². The number of carbonyl (C=O) groups excluding carboxylic acids is 4. The van der Waals surface area contributed by atoms with Crippen LogP contribution in [0.2, 0.25) is 0 Å². The number of aliphatic hydroxyl groups excluding tert-OH is 1. The Bertz CT molecular complexity index is 1420. The van der Waals surface area contributed by atoms with Crippen LogP contribution in [0.4, 0.5) is 4.39 Å². The molecular formula is C34H47FN2O13. The fourth-order valence-electron chi connectivity index (χ4n) is 9.24. The Morgan fingerprint density at radius 2 is 1.56 bits per heavy atom. The van der Waals surface area contributed by atoms with E-state index in [-0.39, 0.29) is 63.9 Å². The summed E-state index contributed by atoms with van der Waals surface area (Å²) in [6, 6.07) is 0. The maximum Gasteiger partial charge on any atom is 0.306 e. The van der Waals surface area contributed by atoms with Crippen LogP contribution in [-0.2, 0) is 38.3 Å². The maximum atomic E-state index is 17.7. The molecule has 2 unspecified atom stereocenters. The van der Waals surface area contributed by atoms with Crippen molar-refractivity contribution < 1.29 is 58.0 Å². The van der Waals surface area contributed by atoms with Crippen LogP contribution in [0.3, 0.4) is 0 Å². The number of fused-ring (bicyclic) bond motifs is 5. The van der Waals surface area contributed by atoms with E-state index in [4.69, 9.17) is 9.47 Å². The Morgan fingerprint density at radius 1 is 0.960 bits per heavy atom. The number of hydrogen-bond donors (Lipinski definition) is 1. The van der Waals surface area contributed by atoms with Crippen LogP contribution in [0.15, 0.2) is 23.8 Å². The number of nitrogens with zero attached hydrogens (tertiary/aromatic N) is 2. The van der Waals surface area contributed by atoms with E-state index in [9.17, 15) is 44.5 Å². The number of ether oxygens (including phenoxy) is 2. The van der Waals surface area contributed by atoms with Crippen LogP contribution in [0.1, 0.15) is 97.8 Å². The molecule has 4 rings (SSSR count). The van der Waals surface area contributed by atoms with Gasteiger partial charge in [0.1, 0.15) is 0 Å². The lowest BCUT2D eigenvalue weighted by Crippen LogP contribution is -2.69. The van der Waals surface area contributed by atoms with Gasteiger partial charge in [0.2, 0.25) is 5.78 Å². The molecule has 0 aromatic rings. The summed E-state index contributed by atoms with van der Waals surface area (Å²) in [6.07, 6.45) is 5.37. The van der Waals surface area contributed by atoms with Crippen LogP contribution in [-0.4, -0.2) is 76.0 Å². The lowest BCUT2D eigenvalue weighted by Gasteiger charge is -2.62. The Balaban J connectivity index is 1.56. The predicted octanol–water partition coefficient (Wildman–Crippen LogP) is 4.53. The SMILES string of the molecule is C[C@@H]1CC2C3CC=C4CC(=O)C=C[C@]4(C)[C@@]3(F)[C@@H](O)C[C@]2(C)[C@@]1(OC(=O)CCCCCO[N+](=O)[O-])C(=O)COC(=O)CCCCCO[N+](=O)[O-]. The summed E-state index contributed by atoms with van der Waals surface area (Å²) >= 11 is 0. The van der Waals surface area contributed by atoms with Crippen molar-refractivity contribution in [1.82, 2.24) is 0 Å². The zero-order valence-electron chi connectivity index (χ0n) is 28.8. The first kappa shape index (κ1) is 38.8. The molecule has 0 saturated heterocycles. The van der Waals surface area contributed by atoms with Gasteiger partial charge in [-0.3, -0.25) is 19.2 Å². The Hall–Kier alpha value is -3.95. The molecule has 1 N–H and O–H groups in total. The molecule has 0 radical (unpaired) electrons. The van der Waals surface area contributed by atoms with Crippen molar-refractivity contribution in [1.29, 1.82) is 0 Å². The largest absolute Gasteiger partial charge is 0.457 e. The molecule has 0 aromatic carbocycles. The monoisotopic (exact) mass is 710 g/mol. The van der Waals surface area contributed by atoms with Crippen molar-refractivity contribution in [3.05, 3.63) is 44.0 Å². The molecule has 0 aromatic heterocycles. The van der Waals surface area contributed by atoms with Gasteiger partial charge in [-0.15, -0.1) is 20.2 Å². The number of halogens is 1. The summed E-state index contributed by atoms with van der Waals surface area (Å²) in [6.45, 7) is 4.16. The van der Waals surface area contributed by atoms with Crippen LogP contribution in [0.5, 0.6) is 0 Å². The quantitative estimate of drug-likeness (QED) is 0.0682. The molecule has 15 nitrogen and oxygen atoms in total.